The third-order valence-electron chi connectivity index (χ3n) is 5.37. The molecule has 0 saturated carbocycles. The normalized spacial score (nSPS) is 20.2. The predicted molar refractivity (Wildman–Crippen MR) is 92.5 cm³/mol. The number of ether oxygens (including phenoxy) is 1. The average Bonchev–Trinajstić information content (AvgIpc) is 3.19. The number of benzene rings is 1. The molecule has 2 aliphatic rings. The second-order valence-electron chi connectivity index (χ2n) is 6.89. The number of hydrogen-bond donors (Lipinski definition) is 1. The van der Waals surface area contributed by atoms with E-state index in [4.69, 9.17) is 9.15 Å². The average molecular weight is 340 g/mol. The molecule has 2 fully saturated rings. The Morgan fingerprint density at radius 2 is 1.96 bits per heavy atom. The van der Waals surface area contributed by atoms with Gasteiger partial charge in [0.05, 0.1) is 37.0 Å². The second-order valence-corrected chi connectivity index (χ2v) is 6.89. The van der Waals surface area contributed by atoms with Crippen LogP contribution in [0.3, 0.4) is 0 Å². The van der Waals surface area contributed by atoms with Crippen molar-refractivity contribution in [1.82, 2.24) is 19.7 Å². The van der Waals surface area contributed by atoms with Gasteiger partial charge in [0.25, 0.3) is 0 Å². The molecule has 2 aromatic heterocycles. The van der Waals surface area contributed by atoms with E-state index in [1.165, 1.54) is 0 Å². The largest absolute Gasteiger partial charge is 0.417 e. The Balaban J connectivity index is 1.33. The van der Waals surface area contributed by atoms with E-state index in [9.17, 15) is 4.79 Å². The Morgan fingerprint density at radius 3 is 2.72 bits per heavy atom. The molecule has 7 nitrogen and oxygen atoms in total. The van der Waals surface area contributed by atoms with Crippen molar-refractivity contribution in [2.45, 2.75) is 24.9 Å². The predicted octanol–water partition coefficient (Wildman–Crippen LogP) is 2.02. The van der Waals surface area contributed by atoms with Crippen molar-refractivity contribution in [2.24, 2.45) is 0 Å². The number of hydrogen-bond acceptors (Lipinski definition) is 5. The highest BCUT2D eigenvalue weighted by atomic mass is 16.5. The maximum Gasteiger partial charge on any atom is 0.417 e. The second kappa shape index (κ2) is 5.86. The fourth-order valence-electron chi connectivity index (χ4n) is 3.76. The SMILES string of the molecule is O=c1[nH]c2ccc(-c3cnn(C4CCN(C5COC5)CC4)c3)cc2o1. The zero-order valence-corrected chi connectivity index (χ0v) is 13.9. The highest BCUT2D eigenvalue weighted by Gasteiger charge is 2.30. The zero-order chi connectivity index (χ0) is 16.8. The summed E-state index contributed by atoms with van der Waals surface area (Å²) in [5, 5.41) is 4.58. The highest BCUT2D eigenvalue weighted by molar-refractivity contribution is 5.79. The van der Waals surface area contributed by atoms with E-state index in [0.29, 0.717) is 23.2 Å². The van der Waals surface area contributed by atoms with Gasteiger partial charge in [0.1, 0.15) is 0 Å². The summed E-state index contributed by atoms with van der Waals surface area (Å²) in [6.07, 6.45) is 6.21. The first-order chi connectivity index (χ1) is 12.3. The quantitative estimate of drug-likeness (QED) is 0.789. The fraction of sp³-hybridized carbons (Fsp3) is 0.444. The first-order valence-electron chi connectivity index (χ1n) is 8.75. The van der Waals surface area contributed by atoms with Gasteiger partial charge in [-0.3, -0.25) is 14.6 Å². The van der Waals surface area contributed by atoms with Crippen LogP contribution >= 0.6 is 0 Å². The van der Waals surface area contributed by atoms with Crippen LogP contribution in [0.2, 0.25) is 0 Å². The Labute approximate surface area is 144 Å². The molecule has 5 rings (SSSR count). The van der Waals surface area contributed by atoms with Gasteiger partial charge in [0.15, 0.2) is 5.58 Å². The van der Waals surface area contributed by atoms with Crippen LogP contribution in [0.15, 0.2) is 39.8 Å². The molecule has 0 atom stereocenters. The Kier molecular flexibility index (Phi) is 3.50. The first-order valence-corrected chi connectivity index (χ1v) is 8.75. The van der Waals surface area contributed by atoms with Crippen LogP contribution in [0.5, 0.6) is 0 Å². The molecule has 4 heterocycles. The van der Waals surface area contributed by atoms with Crippen molar-refractivity contribution in [3.05, 3.63) is 41.1 Å². The van der Waals surface area contributed by atoms with E-state index in [1.807, 2.05) is 24.4 Å². The lowest BCUT2D eigenvalue weighted by atomic mass is 10.0. The number of nitrogens with zero attached hydrogens (tertiary/aromatic N) is 3. The van der Waals surface area contributed by atoms with E-state index in [-0.39, 0.29) is 0 Å². The molecule has 2 saturated heterocycles. The minimum atomic E-state index is -0.425. The molecular weight excluding hydrogens is 320 g/mol. The standard InChI is InChI=1S/C18H20N4O3/c23-18-20-16-2-1-12(7-17(16)25-18)13-8-19-22(9-13)14-3-5-21(6-4-14)15-10-24-11-15/h1-2,7-9,14-15H,3-6,10-11H2,(H,20,23). The van der Waals surface area contributed by atoms with Crippen molar-refractivity contribution < 1.29 is 9.15 Å². The fourth-order valence-corrected chi connectivity index (χ4v) is 3.76. The van der Waals surface area contributed by atoms with Crippen LogP contribution in [0.1, 0.15) is 18.9 Å². The molecule has 2 aliphatic heterocycles. The summed E-state index contributed by atoms with van der Waals surface area (Å²) < 4.78 is 12.5. The van der Waals surface area contributed by atoms with Gasteiger partial charge in [0.2, 0.25) is 0 Å². The minimum absolute atomic E-state index is 0.425. The van der Waals surface area contributed by atoms with Crippen molar-refractivity contribution in [1.29, 1.82) is 0 Å². The van der Waals surface area contributed by atoms with Gasteiger partial charge in [-0.05, 0) is 30.5 Å². The van der Waals surface area contributed by atoms with E-state index in [1.54, 1.807) is 0 Å². The Hall–Kier alpha value is -2.38. The molecule has 0 amide bonds. The summed E-state index contributed by atoms with van der Waals surface area (Å²) in [6, 6.07) is 6.80. The lowest BCUT2D eigenvalue weighted by molar-refractivity contribution is -0.0734. The topological polar surface area (TPSA) is 76.3 Å². The van der Waals surface area contributed by atoms with E-state index in [0.717, 1.165) is 50.3 Å². The van der Waals surface area contributed by atoms with Gasteiger partial charge in [-0.1, -0.05) is 6.07 Å². The maximum atomic E-state index is 11.3. The highest BCUT2D eigenvalue weighted by Crippen LogP contribution is 2.28. The summed E-state index contributed by atoms with van der Waals surface area (Å²) >= 11 is 0. The number of nitrogens with one attached hydrogen (secondary N) is 1. The molecule has 0 aliphatic carbocycles. The van der Waals surface area contributed by atoms with Crippen LogP contribution < -0.4 is 5.76 Å². The van der Waals surface area contributed by atoms with Gasteiger partial charge in [-0.2, -0.15) is 5.10 Å². The number of piperidine rings is 1. The van der Waals surface area contributed by atoms with Crippen LogP contribution in [0.25, 0.3) is 22.2 Å². The van der Waals surface area contributed by atoms with Gasteiger partial charge >= 0.3 is 5.76 Å². The Morgan fingerprint density at radius 1 is 1.12 bits per heavy atom. The third kappa shape index (κ3) is 2.69. The third-order valence-corrected chi connectivity index (χ3v) is 5.37. The summed E-state index contributed by atoms with van der Waals surface area (Å²) in [4.78, 5) is 16.5. The zero-order valence-electron chi connectivity index (χ0n) is 13.9. The summed E-state index contributed by atoms with van der Waals surface area (Å²) in [7, 11) is 0. The monoisotopic (exact) mass is 340 g/mol. The number of aromatic nitrogens is 3. The number of fused-ring (bicyclic) bond motifs is 1. The lowest BCUT2D eigenvalue weighted by Gasteiger charge is -2.41. The van der Waals surface area contributed by atoms with Crippen LogP contribution in [0.4, 0.5) is 0 Å². The summed E-state index contributed by atoms with van der Waals surface area (Å²) in [5.74, 6) is -0.425. The van der Waals surface area contributed by atoms with E-state index < -0.39 is 5.76 Å². The van der Waals surface area contributed by atoms with Crippen LogP contribution in [0, 0.1) is 0 Å². The molecule has 3 aromatic rings. The van der Waals surface area contributed by atoms with Crippen molar-refractivity contribution in [3.63, 3.8) is 0 Å². The smallest absolute Gasteiger partial charge is 0.408 e. The molecule has 1 aromatic carbocycles. The molecule has 0 bridgehead atoms. The number of rotatable bonds is 3. The van der Waals surface area contributed by atoms with Crippen molar-refractivity contribution in [2.75, 3.05) is 26.3 Å². The van der Waals surface area contributed by atoms with E-state index >= 15 is 0 Å². The summed E-state index contributed by atoms with van der Waals surface area (Å²) in [5.41, 5.74) is 3.34. The molecule has 7 heteroatoms. The van der Waals surface area contributed by atoms with Crippen LogP contribution in [-0.4, -0.2) is 52.0 Å². The molecule has 0 radical (unpaired) electrons. The molecule has 0 spiro atoms. The maximum absolute atomic E-state index is 11.3. The van der Waals surface area contributed by atoms with E-state index in [2.05, 4.69) is 25.9 Å². The number of aromatic amines is 1. The first kappa shape index (κ1) is 14.9. The Bertz CT molecular complexity index is 945. The lowest BCUT2D eigenvalue weighted by Crippen LogP contribution is -2.51. The van der Waals surface area contributed by atoms with Gasteiger partial charge in [-0.15, -0.1) is 0 Å². The van der Waals surface area contributed by atoms with Crippen LogP contribution in [-0.2, 0) is 4.74 Å². The minimum Gasteiger partial charge on any atom is -0.408 e. The van der Waals surface area contributed by atoms with Crippen molar-refractivity contribution >= 4 is 11.1 Å². The molecular formula is C18H20N4O3. The molecule has 25 heavy (non-hydrogen) atoms. The number of oxazole rings is 1. The summed E-state index contributed by atoms with van der Waals surface area (Å²) in [6.45, 7) is 3.98. The molecule has 130 valence electrons. The van der Waals surface area contributed by atoms with Gasteiger partial charge in [0, 0.05) is 24.8 Å². The molecule has 0 unspecified atom stereocenters. The van der Waals surface area contributed by atoms with Gasteiger partial charge < -0.3 is 9.15 Å². The number of likely N-dealkylation sites (tertiary alicyclic amines) is 1. The number of H-pyrrole nitrogens is 1. The van der Waals surface area contributed by atoms with Crippen molar-refractivity contribution in [3.8, 4) is 11.1 Å². The van der Waals surface area contributed by atoms with Gasteiger partial charge in [-0.25, -0.2) is 4.79 Å². The molecule has 1 N–H and O–H groups in total.